The van der Waals surface area contributed by atoms with Gasteiger partial charge in [0.25, 0.3) is 5.69 Å². The Labute approximate surface area is 500 Å². The van der Waals surface area contributed by atoms with Gasteiger partial charge >= 0.3 is 11.9 Å². The fourth-order valence-electron chi connectivity index (χ4n) is 9.47. The molecule has 84 heavy (non-hydrogen) atoms. The smallest absolute Gasteiger partial charge is 0.348 e. The van der Waals surface area contributed by atoms with Gasteiger partial charge in [-0.1, -0.05) is 39.3 Å². The molecule has 0 spiro atoms. The highest BCUT2D eigenvalue weighted by molar-refractivity contribution is 8.00. The molecule has 1 aliphatic heterocycles. The molecular formula is C68H71FN6O7S2+4. The van der Waals surface area contributed by atoms with E-state index in [1.54, 1.807) is 49.6 Å². The van der Waals surface area contributed by atoms with E-state index in [4.69, 9.17) is 21.2 Å². The van der Waals surface area contributed by atoms with Gasteiger partial charge in [0, 0.05) is 75.7 Å². The molecule has 0 saturated heterocycles. The molecule has 0 amide bonds. The second-order valence-corrected chi connectivity index (χ2v) is 24.3. The van der Waals surface area contributed by atoms with Crippen LogP contribution in [-0.4, -0.2) is 34.0 Å². The number of cyclic esters (lactones) is 1. The minimum Gasteiger partial charge on any atom is -0.462 e. The van der Waals surface area contributed by atoms with Crippen LogP contribution >= 0.6 is 23.1 Å². The molecule has 0 radical (unpaired) electrons. The van der Waals surface area contributed by atoms with Gasteiger partial charge in [0.2, 0.25) is 22.8 Å². The molecule has 0 N–H and O–H groups in total. The number of terminal acetylenes is 1. The van der Waals surface area contributed by atoms with Crippen molar-refractivity contribution < 1.29 is 51.4 Å². The molecule has 13 nitrogen and oxygen atoms in total. The van der Waals surface area contributed by atoms with Gasteiger partial charge in [0.15, 0.2) is 30.1 Å². The fourth-order valence-corrected chi connectivity index (χ4v) is 11.7. The first-order valence-corrected chi connectivity index (χ1v) is 28.6. The summed E-state index contributed by atoms with van der Waals surface area (Å²) in [5, 5.41) is 20.2. The van der Waals surface area contributed by atoms with E-state index in [0.717, 1.165) is 72.2 Å². The summed E-state index contributed by atoms with van der Waals surface area (Å²) < 4.78 is 31.7. The SMILES string of the molecule is C#Cc1ccc(-c2ccc(SC(C)(C)C)cc2C)[n+](C)c1.C=Cc1cc(C)c(-c2cc(C(C)=O)cc[n+]2C)cc1[N+](=O)[O-].CCOC(=O)c1cc(C)c(-c2cc(F)cc(C)[n+]2C)s1.Cc1c(-c2ccc(C#N)c[n+]2C)cc2c(c1C)COC2=O. The van der Waals surface area contributed by atoms with Crippen molar-refractivity contribution in [2.24, 2.45) is 28.2 Å². The molecule has 16 heteroatoms. The number of carbonyl (C=O) groups excluding carboxylic acids is 3. The van der Waals surface area contributed by atoms with Crippen LogP contribution < -0.4 is 18.3 Å². The Morgan fingerprint density at radius 2 is 1.45 bits per heavy atom. The van der Waals surface area contributed by atoms with Gasteiger partial charge in [-0.15, -0.1) is 29.5 Å². The van der Waals surface area contributed by atoms with Crippen molar-refractivity contribution in [3.05, 3.63) is 204 Å². The maximum absolute atomic E-state index is 13.6. The number of thioether (sulfide) groups is 1. The molecule has 0 unspecified atom stereocenters. The number of aryl methyl sites for hydroxylation is 7. The van der Waals surface area contributed by atoms with E-state index in [0.29, 0.717) is 40.3 Å². The van der Waals surface area contributed by atoms with Crippen molar-refractivity contribution in [1.29, 1.82) is 5.26 Å². The van der Waals surface area contributed by atoms with Gasteiger partial charge in [0.1, 0.15) is 62.0 Å². The summed E-state index contributed by atoms with van der Waals surface area (Å²) in [6.45, 7) is 26.2. The highest BCUT2D eigenvalue weighted by Crippen LogP contribution is 2.36. The van der Waals surface area contributed by atoms with E-state index >= 15 is 0 Å². The summed E-state index contributed by atoms with van der Waals surface area (Å²) in [6.07, 6.45) is 12.5. The van der Waals surface area contributed by atoms with E-state index < -0.39 is 4.92 Å². The summed E-state index contributed by atoms with van der Waals surface area (Å²) in [5.41, 5.74) is 17.0. The van der Waals surface area contributed by atoms with Crippen molar-refractivity contribution >= 4 is 52.6 Å². The van der Waals surface area contributed by atoms with Crippen molar-refractivity contribution in [3.63, 3.8) is 0 Å². The number of nitro groups is 1. The molecular weight excluding hydrogens is 1100 g/mol. The first-order chi connectivity index (χ1) is 39.6. The van der Waals surface area contributed by atoms with Crippen molar-refractivity contribution in [2.75, 3.05) is 6.61 Å². The van der Waals surface area contributed by atoms with Crippen LogP contribution in [0.2, 0.25) is 0 Å². The van der Waals surface area contributed by atoms with Gasteiger partial charge in [-0.2, -0.15) is 19.0 Å². The number of carbonyl (C=O) groups is 3. The van der Waals surface area contributed by atoms with E-state index in [2.05, 4.69) is 75.1 Å². The zero-order chi connectivity index (χ0) is 62.1. The lowest BCUT2D eigenvalue weighted by Gasteiger charge is -2.18. The summed E-state index contributed by atoms with van der Waals surface area (Å²) in [5.74, 6) is 1.76. The molecule has 0 saturated carbocycles. The number of aromatic nitrogens is 4. The number of halogens is 1. The molecule has 6 heterocycles. The number of rotatable bonds is 10. The number of Topliss-reactive ketones (excluding diaryl/α,β-unsaturated/α-hetero) is 1. The van der Waals surface area contributed by atoms with Crippen molar-refractivity contribution in [2.45, 2.75) is 92.4 Å². The monoisotopic (exact) mass is 1170 g/mol. The zero-order valence-corrected chi connectivity index (χ0v) is 52.0. The number of nitro benzene ring substituents is 1. The van der Waals surface area contributed by atoms with E-state index in [-0.39, 0.29) is 34.0 Å². The molecule has 5 aromatic heterocycles. The molecule has 430 valence electrons. The number of pyridine rings is 4. The molecule has 1 aliphatic rings. The third-order valence-electron chi connectivity index (χ3n) is 14.1. The Bertz CT molecular complexity index is 4010. The maximum atomic E-state index is 13.6. The largest absolute Gasteiger partial charge is 0.462 e. The maximum Gasteiger partial charge on any atom is 0.348 e. The van der Waals surface area contributed by atoms with E-state index in [1.165, 1.54) is 64.3 Å². The summed E-state index contributed by atoms with van der Waals surface area (Å²) in [6, 6.07) is 30.0. The predicted molar refractivity (Wildman–Crippen MR) is 329 cm³/mol. The normalized spacial score (nSPS) is 11.2. The number of nitriles is 1. The third-order valence-corrected chi connectivity index (χ3v) is 16.4. The topological polar surface area (TPSA) is 152 Å². The van der Waals surface area contributed by atoms with Crippen molar-refractivity contribution in [1.82, 2.24) is 0 Å². The number of nitrogens with zero attached hydrogens (tertiary/aromatic N) is 6. The number of ketones is 1. The molecule has 0 bridgehead atoms. The van der Waals surface area contributed by atoms with Crippen LogP contribution in [0.15, 0.2) is 121 Å². The Balaban J connectivity index is 0.000000180. The predicted octanol–water partition coefficient (Wildman–Crippen LogP) is 13.1. The Morgan fingerprint density at radius 1 is 0.810 bits per heavy atom. The van der Waals surface area contributed by atoms with Gasteiger partial charge in [-0.05, 0) is 125 Å². The number of fused-ring (bicyclic) bond motifs is 1. The molecule has 8 aromatic rings. The highest BCUT2D eigenvalue weighted by atomic mass is 32.2. The average Bonchev–Trinajstić information content (AvgIpc) is 2.45. The lowest BCUT2D eigenvalue weighted by atomic mass is 9.92. The van der Waals surface area contributed by atoms with Crippen LogP contribution in [0, 0.1) is 81.1 Å². The fraction of sp³-hybridized carbons (Fsp3) is 0.265. The number of ether oxygens (including phenoxy) is 2. The van der Waals surface area contributed by atoms with Crippen LogP contribution in [0.1, 0.15) is 121 Å². The van der Waals surface area contributed by atoms with Gasteiger partial charge in [0.05, 0.1) is 39.3 Å². The first kappa shape index (κ1) is 64.2. The molecule has 0 aliphatic carbocycles. The molecule has 9 rings (SSSR count). The van der Waals surface area contributed by atoms with Crippen LogP contribution in [-0.2, 0) is 44.3 Å². The second-order valence-electron chi connectivity index (χ2n) is 21.3. The standard InChI is InChI=1S/C19H22NS.C17H17N2O3.C17H15N2O2.C15H17FNO2S/c1-7-15-8-11-18(20(6)13-15)17-10-9-16(12-14(17)2)21-19(3,4)5;1-5-13-8-11(2)15(10-16(13)19(21)22)17-9-14(12(3)20)6-7-18(17)4;1-10-11(2)15-9-21-17(20)14(15)6-13(10)16-5-4-12(7-18)8-19(16)3;1-5-19-15(18)13-6-9(2)14(20-13)12-8-11(16)7-10(3)17(12)4/h1,8-13H,2-6H3;5-10H,1H2,2-4H3;4-6,8H,9H2,1-3H3;6-8H,5H2,1-4H3/q4*+1. The lowest BCUT2D eigenvalue weighted by molar-refractivity contribution is -0.666. The number of benzene rings is 3. The third kappa shape index (κ3) is 15.2. The average molecular weight is 1170 g/mol. The number of hydrogen-bond donors (Lipinski definition) is 0. The summed E-state index contributed by atoms with van der Waals surface area (Å²) in [7, 11) is 7.66. The van der Waals surface area contributed by atoms with Crippen LogP contribution in [0.4, 0.5) is 10.1 Å². The number of esters is 2. The minimum atomic E-state index is -0.422. The quantitative estimate of drug-likeness (QED) is 0.0248. The second kappa shape index (κ2) is 27.4. The van der Waals surface area contributed by atoms with Crippen molar-refractivity contribution in [3.8, 4) is 62.8 Å². The molecule has 3 aromatic carbocycles. The zero-order valence-electron chi connectivity index (χ0n) is 50.4. The Hall–Kier alpha value is -8.96. The minimum absolute atomic E-state index is 0.00354. The Morgan fingerprint density at radius 3 is 2.04 bits per heavy atom. The first-order valence-electron chi connectivity index (χ1n) is 26.9. The van der Waals surface area contributed by atoms with E-state index in [9.17, 15) is 28.9 Å². The Kier molecular flexibility index (Phi) is 21.0. The van der Waals surface area contributed by atoms with Gasteiger partial charge < -0.3 is 9.47 Å². The lowest BCUT2D eigenvalue weighted by Crippen LogP contribution is -2.34. The summed E-state index contributed by atoms with van der Waals surface area (Å²) in [4.78, 5) is 48.7. The number of hydrogen-bond acceptors (Lipinski definition) is 10. The number of thiophene rings is 1. The van der Waals surface area contributed by atoms with Gasteiger partial charge in [-0.25, -0.2) is 18.5 Å². The van der Waals surface area contributed by atoms with Crippen LogP contribution in [0.3, 0.4) is 0 Å². The summed E-state index contributed by atoms with van der Waals surface area (Å²) >= 11 is 3.23. The van der Waals surface area contributed by atoms with E-state index in [1.807, 2.05) is 113 Å². The molecule has 0 fully saturated rings. The van der Waals surface area contributed by atoms with Crippen LogP contribution in [0.5, 0.6) is 0 Å². The van der Waals surface area contributed by atoms with Gasteiger partial charge in [-0.3, -0.25) is 14.9 Å². The molecule has 0 atom stereocenters. The van der Waals surface area contributed by atoms with Crippen LogP contribution in [0.25, 0.3) is 50.4 Å². The highest BCUT2D eigenvalue weighted by Gasteiger charge is 2.28.